The lowest BCUT2D eigenvalue weighted by Gasteiger charge is -2.18. The lowest BCUT2D eigenvalue weighted by atomic mass is 9.91. The Hall–Kier alpha value is -1.41. The molecule has 2 aromatic rings. The van der Waals surface area contributed by atoms with Gasteiger partial charge in [-0.3, -0.25) is 0 Å². The van der Waals surface area contributed by atoms with E-state index in [9.17, 15) is 0 Å². The Bertz CT molecular complexity index is 633. The summed E-state index contributed by atoms with van der Waals surface area (Å²) >= 11 is 1.86. The highest BCUT2D eigenvalue weighted by atomic mass is 32.2. The average Bonchev–Trinajstić information content (AvgIpc) is 2.89. The largest absolute Gasteiger partial charge is 0.496 e. The van der Waals surface area contributed by atoms with Crippen LogP contribution in [0.4, 0.5) is 0 Å². The highest BCUT2D eigenvalue weighted by molar-refractivity contribution is 7.98. The van der Waals surface area contributed by atoms with Gasteiger partial charge in [0.25, 0.3) is 0 Å². The number of ether oxygens (including phenoxy) is 1. The first-order valence-corrected chi connectivity index (χ1v) is 8.27. The summed E-state index contributed by atoms with van der Waals surface area (Å²) in [5, 5.41) is 0. The lowest BCUT2D eigenvalue weighted by molar-refractivity contribution is 0.407. The SMILES string of the molecule is COc1ccccc1C1CCc2cc(C)cc(SC)c21. The molecule has 0 heterocycles. The van der Waals surface area contributed by atoms with E-state index < -0.39 is 0 Å². The first-order chi connectivity index (χ1) is 9.74. The molecule has 0 amide bonds. The number of thioether (sulfide) groups is 1. The van der Waals surface area contributed by atoms with Crippen LogP contribution in [0.3, 0.4) is 0 Å². The van der Waals surface area contributed by atoms with Gasteiger partial charge >= 0.3 is 0 Å². The average molecular weight is 284 g/mol. The lowest BCUT2D eigenvalue weighted by Crippen LogP contribution is -2.01. The summed E-state index contributed by atoms with van der Waals surface area (Å²) in [4.78, 5) is 1.42. The van der Waals surface area contributed by atoms with Crippen LogP contribution in [0.15, 0.2) is 41.3 Å². The van der Waals surface area contributed by atoms with Crippen LogP contribution in [0.1, 0.15) is 34.6 Å². The van der Waals surface area contributed by atoms with Gasteiger partial charge < -0.3 is 4.74 Å². The van der Waals surface area contributed by atoms with Gasteiger partial charge in [-0.05, 0) is 54.8 Å². The molecule has 2 heteroatoms. The molecular formula is C18H20OS. The van der Waals surface area contributed by atoms with Crippen molar-refractivity contribution in [3.8, 4) is 5.75 Å². The van der Waals surface area contributed by atoms with Crippen molar-refractivity contribution in [3.63, 3.8) is 0 Å². The Balaban J connectivity index is 2.13. The van der Waals surface area contributed by atoms with E-state index in [2.05, 4.69) is 43.5 Å². The predicted octanol–water partition coefficient (Wildman–Crippen LogP) is 4.80. The minimum Gasteiger partial charge on any atom is -0.496 e. The van der Waals surface area contributed by atoms with E-state index in [0.717, 1.165) is 5.75 Å². The number of hydrogen-bond donors (Lipinski definition) is 0. The molecule has 1 nitrogen and oxygen atoms in total. The van der Waals surface area contributed by atoms with Crippen molar-refractivity contribution in [1.29, 1.82) is 0 Å². The maximum absolute atomic E-state index is 5.56. The van der Waals surface area contributed by atoms with Crippen LogP contribution in [-0.4, -0.2) is 13.4 Å². The van der Waals surface area contributed by atoms with Crippen LogP contribution in [0.2, 0.25) is 0 Å². The fraction of sp³-hybridized carbons (Fsp3) is 0.333. The van der Waals surface area contributed by atoms with Gasteiger partial charge in [-0.2, -0.15) is 0 Å². The fourth-order valence-corrected chi connectivity index (χ4v) is 4.11. The molecule has 0 saturated carbocycles. The molecule has 1 unspecified atom stereocenters. The van der Waals surface area contributed by atoms with E-state index in [4.69, 9.17) is 4.74 Å². The molecule has 20 heavy (non-hydrogen) atoms. The second-order valence-electron chi connectivity index (χ2n) is 5.37. The summed E-state index contributed by atoms with van der Waals surface area (Å²) in [6.45, 7) is 2.19. The summed E-state index contributed by atoms with van der Waals surface area (Å²) in [6.07, 6.45) is 4.53. The van der Waals surface area contributed by atoms with Gasteiger partial charge in [-0.1, -0.05) is 24.3 Å². The minimum absolute atomic E-state index is 0.476. The monoisotopic (exact) mass is 284 g/mol. The third-order valence-electron chi connectivity index (χ3n) is 4.16. The first-order valence-electron chi connectivity index (χ1n) is 7.05. The Kier molecular flexibility index (Phi) is 3.75. The molecule has 0 aromatic heterocycles. The number of aryl methyl sites for hydroxylation is 2. The van der Waals surface area contributed by atoms with Crippen LogP contribution in [0.25, 0.3) is 0 Å². The number of rotatable bonds is 3. The van der Waals surface area contributed by atoms with Crippen LogP contribution < -0.4 is 4.74 Å². The van der Waals surface area contributed by atoms with E-state index in [-0.39, 0.29) is 0 Å². The number of benzene rings is 2. The summed E-state index contributed by atoms with van der Waals surface area (Å²) in [6, 6.07) is 13.1. The van der Waals surface area contributed by atoms with Crippen LogP contribution >= 0.6 is 11.8 Å². The van der Waals surface area contributed by atoms with E-state index in [0.29, 0.717) is 5.92 Å². The van der Waals surface area contributed by atoms with Crippen molar-refractivity contribution in [2.45, 2.75) is 30.6 Å². The van der Waals surface area contributed by atoms with Gasteiger partial charge in [0.05, 0.1) is 7.11 Å². The molecule has 1 atom stereocenters. The zero-order chi connectivity index (χ0) is 14.1. The normalized spacial score (nSPS) is 17.1. The summed E-state index contributed by atoms with van der Waals surface area (Å²) in [5.74, 6) is 1.49. The molecule has 0 fully saturated rings. The van der Waals surface area contributed by atoms with Gasteiger partial charge in [-0.15, -0.1) is 11.8 Å². The van der Waals surface area contributed by atoms with E-state index in [1.54, 1.807) is 7.11 Å². The first kappa shape index (κ1) is 13.6. The van der Waals surface area contributed by atoms with E-state index in [1.807, 2.05) is 17.8 Å². The predicted molar refractivity (Wildman–Crippen MR) is 86.1 cm³/mol. The van der Waals surface area contributed by atoms with Gasteiger partial charge in [0.15, 0.2) is 0 Å². The van der Waals surface area contributed by atoms with Crippen molar-refractivity contribution < 1.29 is 4.74 Å². The molecule has 0 radical (unpaired) electrons. The number of fused-ring (bicyclic) bond motifs is 1. The Labute approximate surface area is 125 Å². The zero-order valence-corrected chi connectivity index (χ0v) is 13.1. The second-order valence-corrected chi connectivity index (χ2v) is 6.22. The molecule has 0 aliphatic heterocycles. The fourth-order valence-electron chi connectivity index (χ4n) is 3.32. The van der Waals surface area contributed by atoms with Crippen LogP contribution in [0, 0.1) is 6.92 Å². The Morgan fingerprint density at radius 1 is 1.20 bits per heavy atom. The highest BCUT2D eigenvalue weighted by Gasteiger charge is 2.28. The summed E-state index contributed by atoms with van der Waals surface area (Å²) in [7, 11) is 1.76. The molecule has 0 spiro atoms. The standard InChI is InChI=1S/C18H20OS/c1-12-10-13-8-9-15(18(13)17(11-12)20-3)14-6-4-5-7-16(14)19-2/h4-7,10-11,15H,8-9H2,1-3H3. The Morgan fingerprint density at radius 3 is 2.75 bits per heavy atom. The summed E-state index contributed by atoms with van der Waals surface area (Å²) < 4.78 is 5.56. The van der Waals surface area contributed by atoms with Crippen LogP contribution in [-0.2, 0) is 6.42 Å². The van der Waals surface area contributed by atoms with Gasteiger partial charge in [0.2, 0.25) is 0 Å². The maximum Gasteiger partial charge on any atom is 0.122 e. The maximum atomic E-state index is 5.56. The van der Waals surface area contributed by atoms with Crippen molar-refractivity contribution in [3.05, 3.63) is 58.7 Å². The van der Waals surface area contributed by atoms with E-state index in [1.165, 1.54) is 40.0 Å². The molecule has 1 aliphatic rings. The van der Waals surface area contributed by atoms with Gasteiger partial charge in [0.1, 0.15) is 5.75 Å². The third kappa shape index (κ3) is 2.22. The molecule has 2 aromatic carbocycles. The Morgan fingerprint density at radius 2 is 2.00 bits per heavy atom. The third-order valence-corrected chi connectivity index (χ3v) is 4.93. The van der Waals surface area contributed by atoms with Crippen LogP contribution in [0.5, 0.6) is 5.75 Å². The topological polar surface area (TPSA) is 9.23 Å². The number of hydrogen-bond acceptors (Lipinski definition) is 2. The molecule has 0 saturated heterocycles. The molecule has 104 valence electrons. The van der Waals surface area contributed by atoms with Crippen molar-refractivity contribution >= 4 is 11.8 Å². The highest BCUT2D eigenvalue weighted by Crippen LogP contribution is 2.45. The second kappa shape index (κ2) is 5.53. The molecule has 0 N–H and O–H groups in total. The smallest absolute Gasteiger partial charge is 0.122 e. The number of methoxy groups -OCH3 is 1. The molecular weight excluding hydrogens is 264 g/mol. The van der Waals surface area contributed by atoms with Crippen molar-refractivity contribution in [1.82, 2.24) is 0 Å². The summed E-state index contributed by atoms with van der Waals surface area (Å²) in [5.41, 5.74) is 5.74. The molecule has 1 aliphatic carbocycles. The van der Waals surface area contributed by atoms with Crippen molar-refractivity contribution in [2.24, 2.45) is 0 Å². The zero-order valence-electron chi connectivity index (χ0n) is 12.3. The number of para-hydroxylation sites is 1. The van der Waals surface area contributed by atoms with E-state index >= 15 is 0 Å². The van der Waals surface area contributed by atoms with Crippen molar-refractivity contribution in [2.75, 3.05) is 13.4 Å². The molecule has 0 bridgehead atoms. The molecule has 3 rings (SSSR count). The van der Waals surface area contributed by atoms with Gasteiger partial charge in [0, 0.05) is 16.4 Å². The van der Waals surface area contributed by atoms with Gasteiger partial charge in [-0.25, -0.2) is 0 Å². The quantitative estimate of drug-likeness (QED) is 0.748. The minimum atomic E-state index is 0.476.